The number of methoxy groups -OCH3 is 1. The molecule has 0 aromatic carbocycles. The summed E-state index contributed by atoms with van der Waals surface area (Å²) < 4.78 is 6.09. The minimum absolute atomic E-state index is 0.174. The average Bonchev–Trinajstić information content (AvgIpc) is 3.04. The first-order chi connectivity index (χ1) is 8.10. The first kappa shape index (κ1) is 12.8. The van der Waals surface area contributed by atoms with Gasteiger partial charge in [-0.2, -0.15) is 0 Å². The molecule has 0 saturated heterocycles. The van der Waals surface area contributed by atoms with Crippen LogP contribution in [0.4, 0.5) is 5.82 Å². The lowest BCUT2D eigenvalue weighted by Crippen LogP contribution is -2.13. The summed E-state index contributed by atoms with van der Waals surface area (Å²) >= 11 is 3.54. The Balaban J connectivity index is 2.40. The average molecular weight is 300 g/mol. The third-order valence-electron chi connectivity index (χ3n) is 3.08. The Kier molecular flexibility index (Phi) is 3.68. The molecule has 0 atom stereocenters. The van der Waals surface area contributed by atoms with Crippen molar-refractivity contribution in [3.63, 3.8) is 0 Å². The van der Waals surface area contributed by atoms with Crippen LogP contribution >= 0.6 is 15.9 Å². The summed E-state index contributed by atoms with van der Waals surface area (Å²) in [7, 11) is 1.68. The van der Waals surface area contributed by atoms with Crippen LogP contribution in [0, 0.1) is 0 Å². The predicted molar refractivity (Wildman–Crippen MR) is 71.2 cm³/mol. The number of nitrogens with one attached hydrogen (secondary N) is 1. The zero-order valence-electron chi connectivity index (χ0n) is 10.5. The number of anilines is 1. The first-order valence-corrected chi connectivity index (χ1v) is 6.69. The van der Waals surface area contributed by atoms with Gasteiger partial charge in [0.1, 0.15) is 11.6 Å². The van der Waals surface area contributed by atoms with Crippen LogP contribution in [0.1, 0.15) is 38.2 Å². The van der Waals surface area contributed by atoms with E-state index in [9.17, 15) is 0 Å². The van der Waals surface area contributed by atoms with E-state index >= 15 is 0 Å². The van der Waals surface area contributed by atoms with Gasteiger partial charge in [-0.25, -0.2) is 9.97 Å². The van der Waals surface area contributed by atoms with Crippen LogP contribution < -0.4 is 5.32 Å². The van der Waals surface area contributed by atoms with Gasteiger partial charge in [-0.3, -0.25) is 0 Å². The van der Waals surface area contributed by atoms with Crippen molar-refractivity contribution in [3.8, 4) is 0 Å². The molecule has 4 nitrogen and oxygen atoms in total. The van der Waals surface area contributed by atoms with Gasteiger partial charge in [0, 0.05) is 19.1 Å². The van der Waals surface area contributed by atoms with Gasteiger partial charge in [-0.15, -0.1) is 0 Å². The second kappa shape index (κ2) is 4.90. The Labute approximate surface area is 110 Å². The van der Waals surface area contributed by atoms with Crippen LogP contribution in [-0.2, 0) is 16.8 Å². The smallest absolute Gasteiger partial charge is 0.144 e. The van der Waals surface area contributed by atoms with Crippen molar-refractivity contribution in [3.05, 3.63) is 16.0 Å². The van der Waals surface area contributed by atoms with Gasteiger partial charge in [0.15, 0.2) is 0 Å². The summed E-state index contributed by atoms with van der Waals surface area (Å²) in [6, 6.07) is 0. The third-order valence-corrected chi connectivity index (χ3v) is 3.92. The summed E-state index contributed by atoms with van der Waals surface area (Å²) in [5, 5.41) is 3.26. The Hall–Kier alpha value is -0.680. The number of hydrogen-bond donors (Lipinski definition) is 1. The molecule has 0 spiro atoms. The molecular formula is C12H18BrN3O. The molecular weight excluding hydrogens is 282 g/mol. The molecule has 1 saturated carbocycles. The quantitative estimate of drug-likeness (QED) is 0.908. The van der Waals surface area contributed by atoms with E-state index < -0.39 is 0 Å². The molecule has 1 aromatic heterocycles. The van der Waals surface area contributed by atoms with Gasteiger partial charge in [-0.05, 0) is 35.7 Å². The second-order valence-corrected chi connectivity index (χ2v) is 5.47. The van der Waals surface area contributed by atoms with Gasteiger partial charge >= 0.3 is 0 Å². The Morgan fingerprint density at radius 2 is 2.12 bits per heavy atom. The molecule has 1 aliphatic carbocycles. The summed E-state index contributed by atoms with van der Waals surface area (Å²) in [5.74, 6) is 1.81. The van der Waals surface area contributed by atoms with Crippen molar-refractivity contribution >= 4 is 21.7 Å². The summed E-state index contributed by atoms with van der Waals surface area (Å²) in [5.41, 5.74) is 1.09. The maximum Gasteiger partial charge on any atom is 0.144 e. The maximum atomic E-state index is 5.18. The molecule has 0 unspecified atom stereocenters. The van der Waals surface area contributed by atoms with E-state index in [1.807, 2.05) is 0 Å². The zero-order valence-corrected chi connectivity index (χ0v) is 12.1. The van der Waals surface area contributed by atoms with E-state index in [0.717, 1.165) is 28.4 Å². The van der Waals surface area contributed by atoms with Crippen molar-refractivity contribution in [1.29, 1.82) is 0 Å². The molecule has 2 rings (SSSR count). The number of ether oxygens (including phenoxy) is 1. The van der Waals surface area contributed by atoms with Crippen LogP contribution in [0.5, 0.6) is 0 Å². The molecule has 0 amide bonds. The number of rotatable bonds is 5. The van der Waals surface area contributed by atoms with Crippen LogP contribution in [0.25, 0.3) is 0 Å². The van der Waals surface area contributed by atoms with Crippen LogP contribution in [0.2, 0.25) is 0 Å². The van der Waals surface area contributed by atoms with Gasteiger partial charge in [0.05, 0.1) is 16.8 Å². The molecule has 5 heteroatoms. The molecule has 17 heavy (non-hydrogen) atoms. The lowest BCUT2D eigenvalue weighted by molar-refractivity contribution is 0.180. The molecule has 1 N–H and O–H groups in total. The van der Waals surface area contributed by atoms with Crippen molar-refractivity contribution in [2.75, 3.05) is 19.0 Å². The highest BCUT2D eigenvalue weighted by atomic mass is 79.9. The molecule has 0 aliphatic heterocycles. The lowest BCUT2D eigenvalue weighted by atomic mass is 10.1. The van der Waals surface area contributed by atoms with Gasteiger partial charge in [0.2, 0.25) is 0 Å². The monoisotopic (exact) mass is 299 g/mol. The Morgan fingerprint density at radius 3 is 2.65 bits per heavy atom. The van der Waals surface area contributed by atoms with E-state index in [1.54, 1.807) is 7.11 Å². The third kappa shape index (κ3) is 2.60. The lowest BCUT2D eigenvalue weighted by Gasteiger charge is -2.14. The standard InChI is InChI=1S/C12H18BrN3O/c1-4-14-10-9(13)8(7-17-3)15-11(16-10)12(2)5-6-12/h4-7H2,1-3H3,(H,14,15,16). The van der Waals surface area contributed by atoms with Crippen LogP contribution in [0.15, 0.2) is 4.47 Å². The molecule has 1 heterocycles. The van der Waals surface area contributed by atoms with Crippen LogP contribution in [0.3, 0.4) is 0 Å². The first-order valence-electron chi connectivity index (χ1n) is 5.90. The zero-order chi connectivity index (χ0) is 12.5. The van der Waals surface area contributed by atoms with E-state index in [0.29, 0.717) is 6.61 Å². The SMILES string of the molecule is CCNc1nc(C2(C)CC2)nc(COC)c1Br. The molecule has 1 aromatic rings. The van der Waals surface area contributed by atoms with E-state index in [-0.39, 0.29) is 5.41 Å². The number of nitrogens with zero attached hydrogens (tertiary/aromatic N) is 2. The largest absolute Gasteiger partial charge is 0.378 e. The molecule has 1 fully saturated rings. The van der Waals surface area contributed by atoms with Crippen molar-refractivity contribution in [2.45, 2.75) is 38.7 Å². The van der Waals surface area contributed by atoms with Gasteiger partial charge < -0.3 is 10.1 Å². The van der Waals surface area contributed by atoms with E-state index in [2.05, 4.69) is 45.1 Å². The highest BCUT2D eigenvalue weighted by Gasteiger charge is 2.42. The minimum Gasteiger partial charge on any atom is -0.378 e. The van der Waals surface area contributed by atoms with Crippen LogP contribution in [-0.4, -0.2) is 23.6 Å². The number of halogens is 1. The van der Waals surface area contributed by atoms with Crippen molar-refractivity contribution in [2.24, 2.45) is 0 Å². The minimum atomic E-state index is 0.174. The summed E-state index contributed by atoms with van der Waals surface area (Å²) in [6.45, 7) is 5.62. The molecule has 0 radical (unpaired) electrons. The van der Waals surface area contributed by atoms with E-state index in [1.165, 1.54) is 12.8 Å². The van der Waals surface area contributed by atoms with Crippen molar-refractivity contribution in [1.82, 2.24) is 9.97 Å². The van der Waals surface area contributed by atoms with Gasteiger partial charge in [0.25, 0.3) is 0 Å². The normalized spacial score (nSPS) is 16.9. The highest BCUT2D eigenvalue weighted by Crippen LogP contribution is 2.46. The molecule has 94 valence electrons. The van der Waals surface area contributed by atoms with Crippen molar-refractivity contribution < 1.29 is 4.74 Å². The topological polar surface area (TPSA) is 47.0 Å². The maximum absolute atomic E-state index is 5.18. The fourth-order valence-corrected chi connectivity index (χ4v) is 2.12. The molecule has 1 aliphatic rings. The Morgan fingerprint density at radius 1 is 1.41 bits per heavy atom. The predicted octanol–water partition coefficient (Wildman–Crippen LogP) is 2.87. The second-order valence-electron chi connectivity index (χ2n) is 4.68. The summed E-state index contributed by atoms with van der Waals surface area (Å²) in [6.07, 6.45) is 2.35. The number of hydrogen-bond acceptors (Lipinski definition) is 4. The highest BCUT2D eigenvalue weighted by molar-refractivity contribution is 9.10. The number of aromatic nitrogens is 2. The molecule has 0 bridgehead atoms. The summed E-state index contributed by atoms with van der Waals surface area (Å²) in [4.78, 5) is 9.23. The Bertz CT molecular complexity index is 391. The fourth-order valence-electron chi connectivity index (χ4n) is 1.69. The fraction of sp³-hybridized carbons (Fsp3) is 0.667. The van der Waals surface area contributed by atoms with Gasteiger partial charge in [-0.1, -0.05) is 6.92 Å². The van der Waals surface area contributed by atoms with E-state index in [4.69, 9.17) is 4.74 Å².